The lowest BCUT2D eigenvalue weighted by Crippen LogP contribution is -2.07. The first kappa shape index (κ1) is 22.0. The van der Waals surface area contributed by atoms with Crippen molar-refractivity contribution in [3.8, 4) is 11.1 Å². The van der Waals surface area contributed by atoms with Crippen molar-refractivity contribution >= 4 is 75.3 Å². The molecule has 4 rings (SSSR count). The average Bonchev–Trinajstić information content (AvgIpc) is 3.14. The van der Waals surface area contributed by atoms with Crippen molar-refractivity contribution in [1.82, 2.24) is 4.98 Å². The SMILES string of the molecule is CN(C)c1ccc(C=Cc2nc3c(C(Cl)(Cl)Cl)c(-c4ccccc4Cl)ccc3o2)cc1. The molecule has 1 heterocycles. The van der Waals surface area contributed by atoms with Crippen molar-refractivity contribution < 1.29 is 4.42 Å². The number of oxazole rings is 1. The van der Waals surface area contributed by atoms with Crippen LogP contribution in [0.25, 0.3) is 34.4 Å². The van der Waals surface area contributed by atoms with Crippen LogP contribution >= 0.6 is 46.4 Å². The first-order chi connectivity index (χ1) is 14.7. The third-order valence-electron chi connectivity index (χ3n) is 4.85. The van der Waals surface area contributed by atoms with Crippen LogP contribution in [-0.4, -0.2) is 19.1 Å². The molecule has 0 saturated carbocycles. The summed E-state index contributed by atoms with van der Waals surface area (Å²) in [6.07, 6.45) is 3.72. The monoisotopic (exact) mass is 490 g/mol. The van der Waals surface area contributed by atoms with E-state index in [0.717, 1.165) is 16.8 Å². The van der Waals surface area contributed by atoms with Gasteiger partial charge in [0.25, 0.3) is 0 Å². The Kier molecular flexibility index (Phi) is 6.23. The van der Waals surface area contributed by atoms with Gasteiger partial charge in [-0.2, -0.15) is 0 Å². The molecule has 0 saturated heterocycles. The smallest absolute Gasteiger partial charge is 0.220 e. The second-order valence-corrected chi connectivity index (χ2v) is 9.87. The Labute approximate surface area is 200 Å². The second-order valence-electron chi connectivity index (χ2n) is 7.18. The molecule has 7 heteroatoms. The number of hydrogen-bond acceptors (Lipinski definition) is 3. The highest BCUT2D eigenvalue weighted by Crippen LogP contribution is 2.47. The molecule has 0 spiro atoms. The largest absolute Gasteiger partial charge is 0.437 e. The molecule has 1 aromatic heterocycles. The Morgan fingerprint density at radius 3 is 2.23 bits per heavy atom. The summed E-state index contributed by atoms with van der Waals surface area (Å²) in [6, 6.07) is 19.2. The second kappa shape index (κ2) is 8.76. The highest BCUT2D eigenvalue weighted by molar-refractivity contribution is 6.67. The molecular formula is C24H18Cl4N2O. The van der Waals surface area contributed by atoms with Crippen LogP contribution in [0.3, 0.4) is 0 Å². The van der Waals surface area contributed by atoms with Gasteiger partial charge >= 0.3 is 0 Å². The highest BCUT2D eigenvalue weighted by atomic mass is 35.6. The first-order valence-corrected chi connectivity index (χ1v) is 11.0. The molecule has 4 aromatic rings. The van der Waals surface area contributed by atoms with E-state index in [1.54, 1.807) is 12.1 Å². The van der Waals surface area contributed by atoms with E-state index in [9.17, 15) is 0 Å². The molecule has 0 radical (unpaired) electrons. The number of alkyl halides is 3. The van der Waals surface area contributed by atoms with Gasteiger partial charge in [0.05, 0.1) is 0 Å². The van der Waals surface area contributed by atoms with Gasteiger partial charge in [0.1, 0.15) is 5.52 Å². The number of benzene rings is 3. The summed E-state index contributed by atoms with van der Waals surface area (Å²) < 4.78 is 4.18. The molecular weight excluding hydrogens is 474 g/mol. The van der Waals surface area contributed by atoms with E-state index in [-0.39, 0.29) is 0 Å². The predicted octanol–water partition coefficient (Wildman–Crippen LogP) is 8.21. The van der Waals surface area contributed by atoms with Crippen molar-refractivity contribution in [1.29, 1.82) is 0 Å². The Balaban J connectivity index is 1.77. The lowest BCUT2D eigenvalue weighted by molar-refractivity contribution is 0.589. The van der Waals surface area contributed by atoms with Gasteiger partial charge in [0.2, 0.25) is 9.68 Å². The van der Waals surface area contributed by atoms with Crippen LogP contribution in [-0.2, 0) is 3.79 Å². The van der Waals surface area contributed by atoms with Gasteiger partial charge in [0.15, 0.2) is 5.58 Å². The van der Waals surface area contributed by atoms with E-state index in [0.29, 0.717) is 33.1 Å². The Morgan fingerprint density at radius 2 is 1.58 bits per heavy atom. The first-order valence-electron chi connectivity index (χ1n) is 9.45. The van der Waals surface area contributed by atoms with Crippen LogP contribution < -0.4 is 4.90 Å². The van der Waals surface area contributed by atoms with Gasteiger partial charge in [-0.25, -0.2) is 4.98 Å². The van der Waals surface area contributed by atoms with E-state index in [1.165, 1.54) is 0 Å². The van der Waals surface area contributed by atoms with Crippen molar-refractivity contribution in [2.24, 2.45) is 0 Å². The highest BCUT2D eigenvalue weighted by Gasteiger charge is 2.31. The van der Waals surface area contributed by atoms with Crippen LogP contribution in [0.2, 0.25) is 5.02 Å². The number of hydrogen-bond donors (Lipinski definition) is 0. The van der Waals surface area contributed by atoms with Crippen molar-refractivity contribution in [2.75, 3.05) is 19.0 Å². The zero-order chi connectivity index (χ0) is 22.2. The maximum Gasteiger partial charge on any atom is 0.220 e. The summed E-state index contributed by atoms with van der Waals surface area (Å²) >= 11 is 25.5. The zero-order valence-corrected chi connectivity index (χ0v) is 19.8. The van der Waals surface area contributed by atoms with E-state index in [1.807, 2.05) is 79.7 Å². The summed E-state index contributed by atoms with van der Waals surface area (Å²) in [5.74, 6) is 0.415. The fourth-order valence-electron chi connectivity index (χ4n) is 3.32. The standard InChI is InChI=1S/C24H18Cl4N2O/c1-30(2)16-10-7-15(8-11-16)9-14-21-29-23-20(31-21)13-12-18(22(23)24(26,27)28)17-5-3-4-6-19(17)25/h3-14H,1-2H3. The minimum atomic E-state index is -1.71. The summed E-state index contributed by atoms with van der Waals surface area (Å²) in [5.41, 5.74) is 5.04. The topological polar surface area (TPSA) is 29.3 Å². The van der Waals surface area contributed by atoms with Crippen LogP contribution in [0.15, 0.2) is 65.1 Å². The predicted molar refractivity (Wildman–Crippen MR) is 133 cm³/mol. The molecule has 31 heavy (non-hydrogen) atoms. The Hall–Kier alpha value is -2.17. The van der Waals surface area contributed by atoms with Gasteiger partial charge < -0.3 is 9.32 Å². The van der Waals surface area contributed by atoms with Gasteiger partial charge in [-0.05, 0) is 41.5 Å². The molecule has 158 valence electrons. The summed E-state index contributed by atoms with van der Waals surface area (Å²) in [7, 11) is 4.00. The summed E-state index contributed by atoms with van der Waals surface area (Å²) in [6.45, 7) is 0. The average molecular weight is 492 g/mol. The van der Waals surface area contributed by atoms with Crippen molar-refractivity contribution in [2.45, 2.75) is 3.79 Å². The number of nitrogens with zero attached hydrogens (tertiary/aromatic N) is 2. The number of halogens is 4. The van der Waals surface area contributed by atoms with Crippen LogP contribution in [0, 0.1) is 0 Å². The molecule has 3 nitrogen and oxygen atoms in total. The third kappa shape index (κ3) is 4.70. The Bertz CT molecular complexity index is 1260. The van der Waals surface area contributed by atoms with Gasteiger partial charge in [-0.1, -0.05) is 82.8 Å². The minimum absolute atomic E-state index is 0.415. The van der Waals surface area contributed by atoms with Gasteiger partial charge in [-0.3, -0.25) is 0 Å². The molecule has 0 bridgehead atoms. The number of fused-ring (bicyclic) bond motifs is 1. The van der Waals surface area contributed by atoms with Crippen molar-refractivity contribution in [3.63, 3.8) is 0 Å². The fraction of sp³-hybridized carbons (Fsp3) is 0.125. The molecule has 0 unspecified atom stereocenters. The number of aromatic nitrogens is 1. The van der Waals surface area contributed by atoms with Crippen LogP contribution in [0.5, 0.6) is 0 Å². The number of anilines is 1. The lowest BCUT2D eigenvalue weighted by atomic mass is 9.99. The maximum absolute atomic E-state index is 6.40. The van der Waals surface area contributed by atoms with E-state index >= 15 is 0 Å². The van der Waals surface area contributed by atoms with Crippen molar-refractivity contribution in [3.05, 3.63) is 82.7 Å². The third-order valence-corrected chi connectivity index (χ3v) is 5.75. The molecule has 0 amide bonds. The Morgan fingerprint density at radius 1 is 0.871 bits per heavy atom. The molecule has 0 N–H and O–H groups in total. The lowest BCUT2D eigenvalue weighted by Gasteiger charge is -2.17. The summed E-state index contributed by atoms with van der Waals surface area (Å²) in [4.78, 5) is 6.64. The van der Waals surface area contributed by atoms with E-state index in [4.69, 9.17) is 50.8 Å². The molecule has 0 aliphatic heterocycles. The quantitative estimate of drug-likeness (QED) is 0.269. The van der Waals surface area contributed by atoms with E-state index < -0.39 is 3.79 Å². The summed E-state index contributed by atoms with van der Waals surface area (Å²) in [5, 5.41) is 0.558. The zero-order valence-electron chi connectivity index (χ0n) is 16.7. The molecule has 0 aliphatic carbocycles. The van der Waals surface area contributed by atoms with E-state index in [2.05, 4.69) is 4.98 Å². The van der Waals surface area contributed by atoms with Gasteiger partial charge in [0, 0.05) is 42.0 Å². The van der Waals surface area contributed by atoms with Crippen LogP contribution in [0.1, 0.15) is 17.0 Å². The van der Waals surface area contributed by atoms with Crippen LogP contribution in [0.4, 0.5) is 5.69 Å². The fourth-order valence-corrected chi connectivity index (χ4v) is 4.14. The molecule has 3 aromatic carbocycles. The van der Waals surface area contributed by atoms with Gasteiger partial charge in [-0.15, -0.1) is 0 Å². The maximum atomic E-state index is 6.40. The minimum Gasteiger partial charge on any atom is -0.437 e. The number of rotatable bonds is 4. The molecule has 0 atom stereocenters. The molecule has 0 fully saturated rings. The molecule has 0 aliphatic rings. The normalized spacial score (nSPS) is 12.1.